The van der Waals surface area contributed by atoms with Crippen molar-refractivity contribution in [2.24, 2.45) is 0 Å². The molecule has 3 aromatic rings. The third-order valence-corrected chi connectivity index (χ3v) is 10.3. The quantitative estimate of drug-likeness (QED) is 0.0158. The van der Waals surface area contributed by atoms with Crippen LogP contribution < -0.4 is 16.2 Å². The van der Waals surface area contributed by atoms with E-state index < -0.39 is 23.4 Å². The fourth-order valence-corrected chi connectivity index (χ4v) is 6.56. The number of fused-ring (bicyclic) bond motifs is 1. The molecule has 0 saturated carbocycles. The molecule has 68 heavy (non-hydrogen) atoms. The minimum Gasteiger partial charge on any atom is -0.492 e. The molecule has 0 fully saturated rings. The molecule has 24 heteroatoms. The Morgan fingerprint density at radius 1 is 0.676 bits per heavy atom. The second-order valence-corrected chi connectivity index (χ2v) is 15.4. The molecule has 0 aliphatic carbocycles. The van der Waals surface area contributed by atoms with Crippen LogP contribution in [0.25, 0.3) is 11.0 Å². The van der Waals surface area contributed by atoms with Crippen LogP contribution in [0.4, 0.5) is 5.69 Å². The number of nitrogen functional groups attached to an aromatic ring is 1. The first-order valence-electron chi connectivity index (χ1n) is 22.4. The number of nitrogens with zero attached hydrogens (tertiary/aromatic N) is 2. The number of unbranched alkanes of at least 4 members (excludes halogenated alkanes) is 2. The summed E-state index contributed by atoms with van der Waals surface area (Å²) < 4.78 is 65.1. The number of carbonyl (C=O) groups excluding carboxylic acids is 2. The number of aryl methyl sites for hydroxylation is 1. The van der Waals surface area contributed by atoms with Gasteiger partial charge in [0.2, 0.25) is 17.7 Å². The Morgan fingerprint density at radius 2 is 1.15 bits per heavy atom. The molecule has 0 bridgehead atoms. The minimum absolute atomic E-state index is 0.0113. The van der Waals surface area contributed by atoms with Gasteiger partial charge in [0, 0.05) is 56.8 Å². The maximum absolute atomic E-state index is 13.8. The van der Waals surface area contributed by atoms with E-state index in [4.69, 9.17) is 67.6 Å². The zero-order valence-electron chi connectivity index (χ0n) is 39.1. The van der Waals surface area contributed by atoms with Gasteiger partial charge in [0.05, 0.1) is 154 Å². The molecule has 0 spiro atoms. The van der Waals surface area contributed by atoms with Gasteiger partial charge in [-0.3, -0.25) is 4.79 Å². The number of carbonyl (C=O) groups is 2. The van der Waals surface area contributed by atoms with E-state index in [0.29, 0.717) is 197 Å². The number of anilines is 1. The van der Waals surface area contributed by atoms with E-state index in [1.807, 2.05) is 0 Å². The van der Waals surface area contributed by atoms with Crippen LogP contribution in [0.3, 0.4) is 0 Å². The Kier molecular flexibility index (Phi) is 31.5. The first-order chi connectivity index (χ1) is 33.2. The van der Waals surface area contributed by atoms with E-state index in [1.54, 1.807) is 25.0 Å². The molecule has 5 N–H and O–H groups in total. The monoisotopic (exact) mass is 991 g/mol. The van der Waals surface area contributed by atoms with Crippen molar-refractivity contribution in [2.75, 3.05) is 151 Å². The lowest BCUT2D eigenvalue weighted by Gasteiger charge is -2.23. The first kappa shape index (κ1) is 58.2. The molecule has 0 atom stereocenters. The zero-order chi connectivity index (χ0) is 49.0. The Hall–Kier alpha value is -4.12. The van der Waals surface area contributed by atoms with Gasteiger partial charge < -0.3 is 77.5 Å². The number of benzene rings is 1. The highest BCUT2D eigenvalue weighted by molar-refractivity contribution is 7.94. The average molecular weight is 992 g/mol. The minimum atomic E-state index is -0.674. The van der Waals surface area contributed by atoms with Gasteiger partial charge in [-0.05, 0) is 37.8 Å². The zero-order valence-corrected chi connectivity index (χ0v) is 39.9. The van der Waals surface area contributed by atoms with E-state index in [1.165, 1.54) is 18.2 Å². The van der Waals surface area contributed by atoms with Crippen molar-refractivity contribution >= 4 is 40.6 Å². The lowest BCUT2D eigenvalue weighted by molar-refractivity contribution is -0.432. The lowest BCUT2D eigenvalue weighted by atomic mass is 10.0. The van der Waals surface area contributed by atoms with Crippen LogP contribution in [0.5, 0.6) is 11.8 Å². The molecule has 0 unspecified atom stereocenters. The van der Waals surface area contributed by atoms with E-state index in [0.717, 1.165) is 0 Å². The van der Waals surface area contributed by atoms with Crippen LogP contribution in [0.1, 0.15) is 43.2 Å². The van der Waals surface area contributed by atoms with Crippen LogP contribution in [-0.4, -0.2) is 183 Å². The molecular formula is C44H69N3O20S. The fourth-order valence-electron chi connectivity index (χ4n) is 6.14. The van der Waals surface area contributed by atoms with Crippen LogP contribution >= 0.6 is 12.0 Å². The van der Waals surface area contributed by atoms with Crippen LogP contribution in [0.2, 0.25) is 0 Å². The van der Waals surface area contributed by atoms with Gasteiger partial charge in [0.15, 0.2) is 0 Å². The van der Waals surface area contributed by atoms with E-state index in [9.17, 15) is 24.6 Å². The van der Waals surface area contributed by atoms with Crippen LogP contribution in [0, 0.1) is 6.92 Å². The second-order valence-electron chi connectivity index (χ2n) is 14.6. The SMILES string of the molecule is COCCOCCOCCOCCOCCOCCOCCOCCOCCOCCCN(CCCCCC(=O)On1c(O)ccc1O)C(=O)Cc1c(C)c2cc(SOOO)c(N)cc2oc1=O. The van der Waals surface area contributed by atoms with E-state index >= 15 is 0 Å². The van der Waals surface area contributed by atoms with Gasteiger partial charge in [0.1, 0.15) is 5.58 Å². The highest BCUT2D eigenvalue weighted by Crippen LogP contribution is 2.32. The van der Waals surface area contributed by atoms with Crippen molar-refractivity contribution in [3.63, 3.8) is 0 Å². The third-order valence-electron chi connectivity index (χ3n) is 9.68. The van der Waals surface area contributed by atoms with Crippen molar-refractivity contribution in [1.82, 2.24) is 9.63 Å². The van der Waals surface area contributed by atoms with Crippen molar-refractivity contribution in [2.45, 2.75) is 50.3 Å². The number of hydrogen-bond acceptors (Lipinski definition) is 22. The highest BCUT2D eigenvalue weighted by atomic mass is 32.2. The smallest absolute Gasteiger partial charge is 0.340 e. The number of rotatable bonds is 43. The maximum Gasteiger partial charge on any atom is 0.340 e. The normalized spacial score (nSPS) is 11.5. The maximum atomic E-state index is 13.8. The van der Waals surface area contributed by atoms with Crippen molar-refractivity contribution in [3.8, 4) is 11.8 Å². The summed E-state index contributed by atoms with van der Waals surface area (Å²) in [7, 11) is 1.63. The summed E-state index contributed by atoms with van der Waals surface area (Å²) in [6.45, 7) is 11.0. The molecule has 2 aromatic heterocycles. The number of ether oxygens (including phenoxy) is 10. The van der Waals surface area contributed by atoms with Crippen LogP contribution in [0.15, 0.2) is 38.4 Å². The molecule has 0 aliphatic rings. The summed E-state index contributed by atoms with van der Waals surface area (Å²) >= 11 is 0.658. The van der Waals surface area contributed by atoms with Gasteiger partial charge in [-0.25, -0.2) is 14.8 Å². The number of amides is 1. The molecule has 2 heterocycles. The Labute approximate surface area is 399 Å². The molecule has 3 rings (SSSR count). The molecular weight excluding hydrogens is 923 g/mol. The Morgan fingerprint density at radius 3 is 1.63 bits per heavy atom. The largest absolute Gasteiger partial charge is 0.492 e. The van der Waals surface area contributed by atoms with E-state index in [-0.39, 0.29) is 35.6 Å². The third kappa shape index (κ3) is 24.4. The summed E-state index contributed by atoms with van der Waals surface area (Å²) in [5.74, 6) is -1.79. The lowest BCUT2D eigenvalue weighted by Crippen LogP contribution is -2.36. The predicted octanol–water partition coefficient (Wildman–Crippen LogP) is 3.10. The second kappa shape index (κ2) is 36.8. The standard InChI is InChI=1S/C44H69N3O20S/c1-34-35-31-39(68-67-66-53)37(45)33-38(35)64-44(52)36(34)32-42(50)46(10-5-3-4-7-43(51)65-47-40(48)8-9-41(47)49)11-6-12-55-15-16-57-19-20-59-23-24-61-27-28-63-30-29-62-26-25-60-22-21-58-18-17-56-14-13-54-2/h8-9,31,33,48-49,53H,3-7,10-30,32,45H2,1-2H3. The van der Waals surface area contributed by atoms with Crippen molar-refractivity contribution < 1.29 is 91.1 Å². The average Bonchev–Trinajstić information content (AvgIpc) is 3.64. The molecule has 0 aliphatic heterocycles. The Bertz CT molecular complexity index is 1860. The highest BCUT2D eigenvalue weighted by Gasteiger charge is 2.21. The topological polar surface area (TPSA) is 279 Å². The Balaban J connectivity index is 1.26. The fraction of sp³-hybridized carbons (Fsp3) is 0.659. The van der Waals surface area contributed by atoms with E-state index in [2.05, 4.69) is 9.37 Å². The summed E-state index contributed by atoms with van der Waals surface area (Å²) in [5, 5.41) is 32.2. The predicted molar refractivity (Wildman–Crippen MR) is 244 cm³/mol. The molecule has 1 aromatic carbocycles. The van der Waals surface area contributed by atoms with Crippen LogP contribution in [-0.2, 0) is 72.8 Å². The molecule has 0 saturated heterocycles. The molecule has 386 valence electrons. The summed E-state index contributed by atoms with van der Waals surface area (Å²) in [6.07, 6.45) is 1.79. The van der Waals surface area contributed by atoms with Gasteiger partial charge in [0.25, 0.3) is 0 Å². The molecule has 23 nitrogen and oxygen atoms in total. The first-order valence-corrected chi connectivity index (χ1v) is 23.2. The summed E-state index contributed by atoms with van der Waals surface area (Å²) in [4.78, 5) is 46.2. The summed E-state index contributed by atoms with van der Waals surface area (Å²) in [6, 6.07) is 5.43. The molecule has 1 amide bonds. The summed E-state index contributed by atoms with van der Waals surface area (Å²) in [5.41, 5.74) is 6.49. The van der Waals surface area contributed by atoms with Gasteiger partial charge in [-0.1, -0.05) is 11.5 Å². The van der Waals surface area contributed by atoms with Crippen molar-refractivity contribution in [1.29, 1.82) is 0 Å². The van der Waals surface area contributed by atoms with Gasteiger partial charge in [-0.2, -0.15) is 0 Å². The number of nitrogens with two attached hydrogens (primary N) is 1. The van der Waals surface area contributed by atoms with Crippen molar-refractivity contribution in [3.05, 3.63) is 45.8 Å². The number of hydrogen-bond donors (Lipinski definition) is 4. The van der Waals surface area contributed by atoms with Gasteiger partial charge >= 0.3 is 11.6 Å². The van der Waals surface area contributed by atoms with Gasteiger partial charge in [-0.15, -0.1) is 9.06 Å². The molecule has 0 radical (unpaired) electrons. The number of aromatic hydroxyl groups is 2. The number of aromatic nitrogens is 1. The number of methoxy groups -OCH3 is 1.